The van der Waals surface area contributed by atoms with Crippen LogP contribution in [0.1, 0.15) is 63.3 Å². The molecule has 0 aromatic carbocycles. The molecule has 92 valence electrons. The van der Waals surface area contributed by atoms with Gasteiger partial charge in [0.05, 0.1) is 0 Å². The Hall–Kier alpha value is -0.0400. The molecule has 1 aliphatic heterocycles. The Balaban J connectivity index is -0.000000125. The van der Waals surface area contributed by atoms with E-state index < -0.39 is 0 Å². The highest BCUT2D eigenvalue weighted by molar-refractivity contribution is 4.71. The number of rotatable bonds is 1. The van der Waals surface area contributed by atoms with Crippen molar-refractivity contribution in [1.29, 1.82) is 0 Å². The number of piperidine rings is 1. The first kappa shape index (κ1) is 23.6. The van der Waals surface area contributed by atoms with E-state index in [2.05, 4.69) is 25.7 Å². The number of hydrogen-bond donors (Lipinski definition) is 0. The van der Waals surface area contributed by atoms with Gasteiger partial charge in [0.2, 0.25) is 0 Å². The predicted molar refractivity (Wildman–Crippen MR) is 72.0 cm³/mol. The molecule has 1 heteroatoms. The average Bonchev–Trinajstić information content (AvgIpc) is 1.88. The van der Waals surface area contributed by atoms with E-state index >= 15 is 0 Å². The molecule has 1 saturated heterocycles. The van der Waals surface area contributed by atoms with E-state index in [1.807, 2.05) is 0 Å². The van der Waals surface area contributed by atoms with E-state index in [9.17, 15) is 0 Å². The van der Waals surface area contributed by atoms with Crippen molar-refractivity contribution in [1.82, 2.24) is 4.90 Å². The van der Waals surface area contributed by atoms with Crippen LogP contribution >= 0.6 is 0 Å². The van der Waals surface area contributed by atoms with Crippen molar-refractivity contribution >= 4 is 0 Å². The Bertz CT molecular complexity index is 91.4. The molecular formula is C13H35N. The Kier molecular flexibility index (Phi) is 18.6. The van der Waals surface area contributed by atoms with Gasteiger partial charge in [-0.05, 0) is 45.7 Å². The van der Waals surface area contributed by atoms with Crippen LogP contribution in [0.2, 0.25) is 0 Å². The van der Waals surface area contributed by atoms with Gasteiger partial charge in [0.1, 0.15) is 0 Å². The van der Waals surface area contributed by atoms with Gasteiger partial charge in [0, 0.05) is 6.04 Å². The smallest absolute Gasteiger partial charge is 0.00385 e. The third kappa shape index (κ3) is 7.37. The molecule has 14 heavy (non-hydrogen) atoms. The van der Waals surface area contributed by atoms with Crippen LogP contribution in [0.5, 0.6) is 0 Å². The average molecular weight is 205 g/mol. The summed E-state index contributed by atoms with van der Waals surface area (Å²) in [5.41, 5.74) is 0. The first-order valence-electron chi connectivity index (χ1n) is 4.44. The fourth-order valence-electron chi connectivity index (χ4n) is 1.54. The fourth-order valence-corrected chi connectivity index (χ4v) is 1.54. The summed E-state index contributed by atoms with van der Waals surface area (Å²) in [6.45, 7) is 9.57. The molecule has 0 bridgehead atoms. The zero-order valence-corrected chi connectivity index (χ0v) is 7.43. The highest BCUT2D eigenvalue weighted by Gasteiger charge is 2.16. The molecule has 1 fully saturated rings. The summed E-state index contributed by atoms with van der Waals surface area (Å²) < 4.78 is 0. The number of likely N-dealkylation sites (tertiary alicyclic amines) is 1. The highest BCUT2D eigenvalue weighted by atomic mass is 15.1. The SMILES string of the molecule is C.C.C.C.CC1CCN(C(C)C)CC1. The first-order valence-corrected chi connectivity index (χ1v) is 4.44. The quantitative estimate of drug-likeness (QED) is 0.601. The molecule has 0 aromatic heterocycles. The highest BCUT2D eigenvalue weighted by Crippen LogP contribution is 2.17. The summed E-state index contributed by atoms with van der Waals surface area (Å²) >= 11 is 0. The van der Waals surface area contributed by atoms with Crippen LogP contribution in [0.15, 0.2) is 0 Å². The van der Waals surface area contributed by atoms with E-state index in [0.717, 1.165) is 12.0 Å². The van der Waals surface area contributed by atoms with Crippen molar-refractivity contribution in [3.63, 3.8) is 0 Å². The number of nitrogens with zero attached hydrogens (tertiary/aromatic N) is 1. The molecule has 0 spiro atoms. The standard InChI is InChI=1S/C9H19N.4CH4/c1-8(2)10-6-4-9(3)5-7-10;;;;/h8-9H,4-7H2,1-3H3;4*1H4. The Labute approximate surface area is 93.9 Å². The van der Waals surface area contributed by atoms with Crippen molar-refractivity contribution in [2.45, 2.75) is 69.4 Å². The topological polar surface area (TPSA) is 3.24 Å². The van der Waals surface area contributed by atoms with E-state index in [1.165, 1.54) is 25.9 Å². The maximum absolute atomic E-state index is 2.57. The summed E-state index contributed by atoms with van der Waals surface area (Å²) in [5.74, 6) is 0.968. The molecule has 1 nitrogen and oxygen atoms in total. The minimum absolute atomic E-state index is 0. The molecule has 0 radical (unpaired) electrons. The van der Waals surface area contributed by atoms with E-state index in [-0.39, 0.29) is 29.7 Å². The van der Waals surface area contributed by atoms with Gasteiger partial charge in [-0.2, -0.15) is 0 Å². The molecule has 1 heterocycles. The molecule has 0 aromatic rings. The molecule has 1 aliphatic rings. The van der Waals surface area contributed by atoms with Crippen LogP contribution in [0.3, 0.4) is 0 Å². The van der Waals surface area contributed by atoms with Gasteiger partial charge in [-0.15, -0.1) is 0 Å². The Morgan fingerprint density at radius 2 is 1.29 bits per heavy atom. The predicted octanol–water partition coefficient (Wildman–Crippen LogP) is 4.67. The van der Waals surface area contributed by atoms with Crippen molar-refractivity contribution in [2.75, 3.05) is 13.1 Å². The van der Waals surface area contributed by atoms with Crippen molar-refractivity contribution in [3.05, 3.63) is 0 Å². The maximum atomic E-state index is 2.57. The van der Waals surface area contributed by atoms with Gasteiger partial charge in [-0.25, -0.2) is 0 Å². The zero-order valence-electron chi connectivity index (χ0n) is 7.43. The lowest BCUT2D eigenvalue weighted by atomic mass is 9.98. The molecule has 0 atom stereocenters. The lowest BCUT2D eigenvalue weighted by Crippen LogP contribution is -2.37. The molecule has 0 amide bonds. The summed E-state index contributed by atoms with van der Waals surface area (Å²) in [7, 11) is 0. The second kappa shape index (κ2) is 11.0. The lowest BCUT2D eigenvalue weighted by Gasteiger charge is -2.33. The third-order valence-electron chi connectivity index (χ3n) is 2.55. The van der Waals surface area contributed by atoms with Crippen LogP contribution in [0, 0.1) is 5.92 Å². The zero-order chi connectivity index (χ0) is 7.56. The van der Waals surface area contributed by atoms with Gasteiger partial charge >= 0.3 is 0 Å². The fraction of sp³-hybridized carbons (Fsp3) is 1.00. The van der Waals surface area contributed by atoms with Gasteiger partial charge in [0.15, 0.2) is 0 Å². The Morgan fingerprint density at radius 1 is 0.929 bits per heavy atom. The van der Waals surface area contributed by atoms with Crippen LogP contribution < -0.4 is 0 Å². The third-order valence-corrected chi connectivity index (χ3v) is 2.55. The van der Waals surface area contributed by atoms with E-state index in [0.29, 0.717) is 0 Å². The molecule has 0 N–H and O–H groups in total. The summed E-state index contributed by atoms with van der Waals surface area (Å²) in [5, 5.41) is 0. The van der Waals surface area contributed by atoms with Crippen molar-refractivity contribution in [3.8, 4) is 0 Å². The van der Waals surface area contributed by atoms with Crippen LogP contribution in [0.25, 0.3) is 0 Å². The summed E-state index contributed by atoms with van der Waals surface area (Å²) in [6.07, 6.45) is 2.80. The normalized spacial score (nSPS) is 17.1. The minimum Gasteiger partial charge on any atom is -0.301 e. The molecule has 0 unspecified atom stereocenters. The minimum atomic E-state index is 0. The largest absolute Gasteiger partial charge is 0.301 e. The van der Waals surface area contributed by atoms with E-state index in [1.54, 1.807) is 0 Å². The lowest BCUT2D eigenvalue weighted by molar-refractivity contribution is 0.156. The van der Waals surface area contributed by atoms with Crippen LogP contribution in [-0.4, -0.2) is 24.0 Å². The monoisotopic (exact) mass is 205 g/mol. The van der Waals surface area contributed by atoms with Gasteiger partial charge in [-0.3, -0.25) is 0 Å². The van der Waals surface area contributed by atoms with Gasteiger partial charge in [0.25, 0.3) is 0 Å². The first-order chi connectivity index (χ1) is 4.70. The summed E-state index contributed by atoms with van der Waals surface area (Å²) in [6, 6.07) is 0.757. The van der Waals surface area contributed by atoms with Crippen molar-refractivity contribution in [2.24, 2.45) is 5.92 Å². The van der Waals surface area contributed by atoms with Crippen LogP contribution in [0.4, 0.5) is 0 Å². The maximum Gasteiger partial charge on any atom is 0.00385 e. The van der Waals surface area contributed by atoms with Gasteiger partial charge < -0.3 is 4.90 Å². The second-order valence-corrected chi connectivity index (χ2v) is 3.81. The summed E-state index contributed by atoms with van der Waals surface area (Å²) in [4.78, 5) is 2.57. The van der Waals surface area contributed by atoms with Crippen LogP contribution in [-0.2, 0) is 0 Å². The molecule has 0 saturated carbocycles. The molecule has 1 rings (SSSR count). The van der Waals surface area contributed by atoms with Crippen molar-refractivity contribution < 1.29 is 0 Å². The second-order valence-electron chi connectivity index (χ2n) is 3.81. The Morgan fingerprint density at radius 3 is 1.57 bits per heavy atom. The molecule has 0 aliphatic carbocycles. The molecular weight excluding hydrogens is 170 g/mol. The number of hydrogen-bond acceptors (Lipinski definition) is 1. The van der Waals surface area contributed by atoms with E-state index in [4.69, 9.17) is 0 Å². The van der Waals surface area contributed by atoms with Gasteiger partial charge in [-0.1, -0.05) is 36.6 Å².